The molecule has 2 heterocycles. The number of benzene rings is 4. The molecule has 25 heteroatoms. The van der Waals surface area contributed by atoms with E-state index in [1.165, 1.54) is 41.3 Å². The second kappa shape index (κ2) is 23.7. The number of hydrogen-bond donors (Lipinski definition) is 8. The summed E-state index contributed by atoms with van der Waals surface area (Å²) in [4.78, 5) is 26.1. The smallest absolute Gasteiger partial charge is 0.744 e. The van der Waals surface area contributed by atoms with Crippen molar-refractivity contribution in [3.05, 3.63) is 108 Å². The van der Waals surface area contributed by atoms with E-state index in [9.17, 15) is 41.3 Å². The van der Waals surface area contributed by atoms with Crippen molar-refractivity contribution in [2.75, 3.05) is 70.9 Å². The Labute approximate surface area is 406 Å². The Bertz CT molecular complexity index is 2710. The molecule has 0 amide bonds. The van der Waals surface area contributed by atoms with Crippen LogP contribution in [-0.4, -0.2) is 111 Å². The molecule has 0 bridgehead atoms. The van der Waals surface area contributed by atoms with Crippen molar-refractivity contribution in [3.63, 3.8) is 0 Å². The van der Waals surface area contributed by atoms with E-state index in [0.29, 0.717) is 11.4 Å². The van der Waals surface area contributed by atoms with Crippen LogP contribution in [0.2, 0.25) is 0 Å². The van der Waals surface area contributed by atoms with Crippen molar-refractivity contribution in [2.45, 2.75) is 9.79 Å². The van der Waals surface area contributed by atoms with Gasteiger partial charge < -0.3 is 55.9 Å². The van der Waals surface area contributed by atoms with E-state index in [2.05, 4.69) is 56.5 Å². The van der Waals surface area contributed by atoms with E-state index in [1.807, 2.05) is 12.1 Å². The minimum atomic E-state index is -5.15. The molecule has 2 aromatic heterocycles. The number of rotatable bonds is 20. The third-order valence-electron chi connectivity index (χ3n) is 8.26. The van der Waals surface area contributed by atoms with Crippen molar-refractivity contribution in [3.8, 4) is 0 Å². The largest absolute Gasteiger partial charge is 1.00 e. The fourth-order valence-corrected chi connectivity index (χ4v) is 6.97. The van der Waals surface area contributed by atoms with Gasteiger partial charge in [0, 0.05) is 42.4 Å². The number of hydrogen-bond acceptors (Lipinski definition) is 21. The summed E-state index contributed by atoms with van der Waals surface area (Å²) in [5.41, 5.74) is 1.18. The normalized spacial score (nSPS) is 11.3. The maximum atomic E-state index is 12.6. The summed E-state index contributed by atoms with van der Waals surface area (Å²) in [5.74, 6) is 0.195. The first kappa shape index (κ1) is 50.8. The molecule has 6 aromatic rings. The van der Waals surface area contributed by atoms with E-state index in [-0.39, 0.29) is 157 Å². The van der Waals surface area contributed by atoms with Gasteiger partial charge in [-0.25, -0.2) is 16.8 Å². The summed E-state index contributed by atoms with van der Waals surface area (Å²) in [6.45, 7) is -0.514. The Kier molecular flexibility index (Phi) is 19.1. The fraction of sp³-hybridized carbons (Fsp3) is 0.158. The first-order chi connectivity index (χ1) is 29.3. The minimum Gasteiger partial charge on any atom is -0.744 e. The number of aliphatic hydroxyl groups excluding tert-OH is 3. The molecule has 0 aliphatic rings. The fourth-order valence-electron chi connectivity index (χ4n) is 5.58. The van der Waals surface area contributed by atoms with Crippen LogP contribution in [0.4, 0.5) is 58.4 Å². The van der Waals surface area contributed by atoms with Crippen molar-refractivity contribution in [2.24, 2.45) is 0 Å². The summed E-state index contributed by atoms with van der Waals surface area (Å²) >= 11 is 0. The van der Waals surface area contributed by atoms with Crippen LogP contribution in [0.25, 0.3) is 12.2 Å². The summed E-state index contributed by atoms with van der Waals surface area (Å²) in [6.07, 6.45) is 2.34. The average molecular weight is 917 g/mol. The first-order valence-corrected chi connectivity index (χ1v) is 21.0. The second-order valence-electron chi connectivity index (χ2n) is 12.7. The molecule has 0 unspecified atom stereocenters. The topological polar surface area (TPSA) is 316 Å². The maximum absolute atomic E-state index is 12.6. The average Bonchev–Trinajstić information content (AvgIpc) is 3.22. The number of aromatic nitrogens is 6. The predicted molar refractivity (Wildman–Crippen MR) is 225 cm³/mol. The molecule has 8 N–H and O–H groups in total. The van der Waals surface area contributed by atoms with Gasteiger partial charge >= 0.3 is 59.1 Å². The molecule has 6 rings (SSSR count). The summed E-state index contributed by atoms with van der Waals surface area (Å²) < 4.78 is 75.2. The molecule has 0 saturated carbocycles. The molecule has 0 fully saturated rings. The molecule has 0 aliphatic carbocycles. The van der Waals surface area contributed by atoms with E-state index in [0.717, 1.165) is 12.1 Å². The van der Waals surface area contributed by atoms with Gasteiger partial charge in [0.25, 0.3) is 0 Å². The zero-order valence-electron chi connectivity index (χ0n) is 33.9. The zero-order chi connectivity index (χ0) is 43.4. The quantitative estimate of drug-likeness (QED) is 0.0218. The van der Waals surface area contributed by atoms with Crippen LogP contribution in [0.5, 0.6) is 0 Å². The molecule has 0 radical (unpaired) electrons. The maximum Gasteiger partial charge on any atom is 1.00 e. The molecular weight excluding hydrogens is 879 g/mol. The van der Waals surface area contributed by atoms with Gasteiger partial charge in [0.15, 0.2) is 0 Å². The Morgan fingerprint density at radius 3 is 1.27 bits per heavy atom. The number of aliphatic hydroxyl groups is 3. The van der Waals surface area contributed by atoms with Gasteiger partial charge in [-0.05, 0) is 59.7 Å². The van der Waals surface area contributed by atoms with Crippen LogP contribution >= 0.6 is 0 Å². The van der Waals surface area contributed by atoms with Gasteiger partial charge in [-0.1, -0.05) is 60.7 Å². The number of anilines is 10. The minimum absolute atomic E-state index is 0. The van der Waals surface area contributed by atoms with Crippen molar-refractivity contribution in [1.29, 1.82) is 0 Å². The molecule has 0 atom stereocenters. The summed E-state index contributed by atoms with van der Waals surface area (Å²) in [5, 5.41) is 43.1. The van der Waals surface area contributed by atoms with Crippen LogP contribution < -0.4 is 90.6 Å². The van der Waals surface area contributed by atoms with Gasteiger partial charge in [0.2, 0.25) is 35.7 Å². The molecule has 21 nitrogen and oxygen atoms in total. The van der Waals surface area contributed by atoms with Gasteiger partial charge in [0.05, 0.1) is 29.6 Å². The zero-order valence-corrected chi connectivity index (χ0v) is 39.5. The van der Waals surface area contributed by atoms with Crippen LogP contribution in [-0.2, 0) is 20.2 Å². The van der Waals surface area contributed by atoms with Crippen LogP contribution in [0.1, 0.15) is 11.1 Å². The third-order valence-corrected chi connectivity index (χ3v) is 10.0. The Morgan fingerprint density at radius 2 is 0.889 bits per heavy atom. The predicted octanol–water partition coefficient (Wildman–Crippen LogP) is -2.79. The molecule has 0 spiro atoms. The van der Waals surface area contributed by atoms with Crippen LogP contribution in [0, 0.1) is 0 Å². The Balaban J connectivity index is 0.00000436. The first-order valence-electron chi connectivity index (χ1n) is 18.2. The molecule has 63 heavy (non-hydrogen) atoms. The summed E-state index contributed by atoms with van der Waals surface area (Å²) in [7, 11) is -10.3. The number of nitrogens with zero attached hydrogens (tertiary/aromatic N) is 7. The Hall–Kier alpha value is -4.86. The van der Waals surface area contributed by atoms with Crippen LogP contribution in [0.3, 0.4) is 0 Å². The van der Waals surface area contributed by atoms with Gasteiger partial charge in [-0.3, -0.25) is 0 Å². The Morgan fingerprint density at radius 1 is 0.508 bits per heavy atom. The monoisotopic (exact) mass is 916 g/mol. The second-order valence-corrected chi connectivity index (χ2v) is 15.3. The van der Waals surface area contributed by atoms with E-state index in [1.54, 1.807) is 48.5 Å². The molecule has 4 aromatic carbocycles. The third kappa shape index (κ3) is 14.9. The summed E-state index contributed by atoms with van der Waals surface area (Å²) in [6, 6.07) is 25.4. The standard InChI is InChI=1S/C38H40N12O9S2.2Na/c51-20-17-39-33-44-34(40-27-7-3-1-4-8-27)46-35(45-33)42-29-15-13-25(31(23-29)60(54,55)56)11-12-26-14-16-30(24-32(26)61(57,58)59)43-37-47-36(41-28-9-5-2-6-10-28)48-38(49-37)50(18-21-52)19-22-53;;/h1-16,23-24,51-53H,17-22H2,(H,54,55,56)(H,57,58,59)(H2,41,43,47,48,49)(H3,39,40,42,44,45,46);;/q;2*+1/p-2. The van der Waals surface area contributed by atoms with Crippen LogP contribution in [0.15, 0.2) is 107 Å². The van der Waals surface area contributed by atoms with E-state index < -0.39 is 30.0 Å². The molecule has 0 saturated heterocycles. The molecule has 318 valence electrons. The van der Waals surface area contributed by atoms with Crippen molar-refractivity contribution in [1.82, 2.24) is 29.9 Å². The molecule has 0 aliphatic heterocycles. The SMILES string of the molecule is O=S(=O)([O-])c1cc(Nc2nc(NCCO)nc(Nc3ccccc3)n2)ccc1C=Cc1ccc(Nc2nc(Nc3ccccc3)nc(N(CCO)CCO)n2)cc1S(=O)(=O)[O-].[Na+].[Na+]. The number of nitrogens with one attached hydrogen (secondary N) is 5. The van der Waals surface area contributed by atoms with Gasteiger partial charge in [-0.15, -0.1) is 0 Å². The van der Waals surface area contributed by atoms with Gasteiger partial charge in [-0.2, -0.15) is 29.9 Å². The van der Waals surface area contributed by atoms with Crippen molar-refractivity contribution < 1.29 is 100 Å². The van der Waals surface area contributed by atoms with Gasteiger partial charge in [0.1, 0.15) is 20.2 Å². The molecular formula is C38H38N12Na2O9S2. The van der Waals surface area contributed by atoms with E-state index in [4.69, 9.17) is 0 Å². The number of para-hydroxylation sites is 2. The van der Waals surface area contributed by atoms with Crippen molar-refractivity contribution >= 4 is 90.8 Å². The van der Waals surface area contributed by atoms with E-state index >= 15 is 0 Å².